The van der Waals surface area contributed by atoms with Crippen LogP contribution in [0.1, 0.15) is 0 Å². The highest BCUT2D eigenvalue weighted by molar-refractivity contribution is 5.55. The fourth-order valence-electron chi connectivity index (χ4n) is 0.334. The first-order valence-electron chi connectivity index (χ1n) is 2.09. The Morgan fingerprint density at radius 3 is 3.00 bits per heavy atom. The number of azo groups is 1. The van der Waals surface area contributed by atoms with Crippen LogP contribution in [0.15, 0.2) is 22.7 Å². The maximum atomic E-state index is 9.85. The van der Waals surface area contributed by atoms with Crippen LogP contribution in [-0.2, 0) is 9.53 Å². The Morgan fingerprint density at radius 1 is 1.75 bits per heavy atom. The van der Waals surface area contributed by atoms with Crippen LogP contribution in [0, 0.1) is 0 Å². The van der Waals surface area contributed by atoms with Crippen LogP contribution < -0.4 is 0 Å². The number of ether oxygens (including phenoxy) is 1. The van der Waals surface area contributed by atoms with Crippen molar-refractivity contribution in [2.24, 2.45) is 10.2 Å². The van der Waals surface area contributed by atoms with Gasteiger partial charge in [0.05, 0.1) is 6.20 Å². The van der Waals surface area contributed by atoms with Gasteiger partial charge in [0.25, 0.3) is 6.23 Å². The molecule has 0 saturated heterocycles. The van der Waals surface area contributed by atoms with Crippen molar-refractivity contribution in [2.75, 3.05) is 0 Å². The van der Waals surface area contributed by atoms with Gasteiger partial charge in [0.15, 0.2) is 6.29 Å². The van der Waals surface area contributed by atoms with E-state index in [1.165, 1.54) is 12.5 Å². The normalized spacial score (nSPS) is 24.8. The highest BCUT2D eigenvalue weighted by Crippen LogP contribution is 1.98. The molecule has 1 unspecified atom stereocenters. The monoisotopic (exact) mass is 112 g/mol. The Labute approximate surface area is 45.9 Å². The number of rotatable bonds is 1. The Balaban J connectivity index is 2.51. The molecule has 0 N–H and O–H groups in total. The lowest BCUT2D eigenvalue weighted by Crippen LogP contribution is -2.07. The topological polar surface area (TPSA) is 51.0 Å². The van der Waals surface area contributed by atoms with Gasteiger partial charge in [0.2, 0.25) is 0 Å². The van der Waals surface area contributed by atoms with Crippen molar-refractivity contribution < 1.29 is 9.53 Å². The molecule has 1 heterocycles. The summed E-state index contributed by atoms with van der Waals surface area (Å²) in [6.45, 7) is 0. The van der Waals surface area contributed by atoms with Crippen molar-refractivity contribution in [1.29, 1.82) is 0 Å². The Hall–Kier alpha value is -1.19. The lowest BCUT2D eigenvalue weighted by Gasteiger charge is -2.03. The number of aldehydes is 1. The Kier molecular flexibility index (Phi) is 1.37. The first-order chi connectivity index (χ1) is 3.93. The molecule has 4 heteroatoms. The van der Waals surface area contributed by atoms with Crippen molar-refractivity contribution in [3.8, 4) is 0 Å². The molecule has 42 valence electrons. The van der Waals surface area contributed by atoms with Crippen molar-refractivity contribution in [3.63, 3.8) is 0 Å². The van der Waals surface area contributed by atoms with Gasteiger partial charge in [-0.15, -0.1) is 5.11 Å². The zero-order valence-electron chi connectivity index (χ0n) is 4.02. The van der Waals surface area contributed by atoms with Crippen molar-refractivity contribution >= 4 is 6.29 Å². The van der Waals surface area contributed by atoms with E-state index < -0.39 is 6.23 Å². The number of carbonyl (C=O) groups excluding carboxylic acids is 1. The summed E-state index contributed by atoms with van der Waals surface area (Å²) < 4.78 is 4.62. The Bertz CT molecular complexity index is 141. The maximum Gasteiger partial charge on any atom is 0.263 e. The van der Waals surface area contributed by atoms with Crippen molar-refractivity contribution in [2.45, 2.75) is 6.23 Å². The summed E-state index contributed by atoms with van der Waals surface area (Å²) in [5, 5.41) is 6.81. The average molecular weight is 112 g/mol. The zero-order chi connectivity index (χ0) is 5.82. The molecule has 0 bridgehead atoms. The molecule has 1 atom stereocenters. The van der Waals surface area contributed by atoms with Gasteiger partial charge in [-0.05, 0) is 0 Å². The number of carbonyl (C=O) groups is 1. The van der Waals surface area contributed by atoms with Crippen LogP contribution in [0.2, 0.25) is 0 Å². The van der Waals surface area contributed by atoms with Gasteiger partial charge >= 0.3 is 0 Å². The quantitative estimate of drug-likeness (QED) is 0.463. The fraction of sp³-hybridized carbons (Fsp3) is 0.250. The van der Waals surface area contributed by atoms with Gasteiger partial charge in [0, 0.05) is 0 Å². The van der Waals surface area contributed by atoms with Crippen LogP contribution in [0.3, 0.4) is 0 Å². The molecule has 4 nitrogen and oxygen atoms in total. The number of hydrogen-bond acceptors (Lipinski definition) is 4. The van der Waals surface area contributed by atoms with E-state index in [0.29, 0.717) is 6.29 Å². The maximum absolute atomic E-state index is 9.85. The summed E-state index contributed by atoms with van der Waals surface area (Å²) in [5.41, 5.74) is 0. The van der Waals surface area contributed by atoms with Crippen LogP contribution in [-0.4, -0.2) is 12.5 Å². The largest absolute Gasteiger partial charge is 0.466 e. The predicted octanol–water partition coefficient (Wildman–Crippen LogP) is 0.465. The predicted molar refractivity (Wildman–Crippen MR) is 24.9 cm³/mol. The second kappa shape index (κ2) is 2.20. The molecular weight excluding hydrogens is 108 g/mol. The lowest BCUT2D eigenvalue weighted by molar-refractivity contribution is -0.115. The molecule has 0 fully saturated rings. The standard InChI is InChI=1S/C4H4N2O2/c7-3-4-6-5-1-2-8-4/h1-4H. The third-order valence-electron chi connectivity index (χ3n) is 0.642. The van der Waals surface area contributed by atoms with Gasteiger partial charge in [-0.2, -0.15) is 5.11 Å². The van der Waals surface area contributed by atoms with Crippen molar-refractivity contribution in [1.82, 2.24) is 0 Å². The number of hydrogen-bond donors (Lipinski definition) is 0. The molecule has 0 aliphatic carbocycles. The van der Waals surface area contributed by atoms with E-state index >= 15 is 0 Å². The summed E-state index contributed by atoms with van der Waals surface area (Å²) in [5.74, 6) is 0. The smallest absolute Gasteiger partial charge is 0.263 e. The van der Waals surface area contributed by atoms with Crippen molar-refractivity contribution in [3.05, 3.63) is 12.5 Å². The molecule has 0 aromatic carbocycles. The minimum atomic E-state index is -0.722. The van der Waals surface area contributed by atoms with E-state index in [-0.39, 0.29) is 0 Å². The second-order valence-corrected chi connectivity index (χ2v) is 1.18. The zero-order valence-corrected chi connectivity index (χ0v) is 4.02. The Morgan fingerprint density at radius 2 is 2.62 bits per heavy atom. The van der Waals surface area contributed by atoms with E-state index in [1.54, 1.807) is 0 Å². The molecule has 8 heavy (non-hydrogen) atoms. The van der Waals surface area contributed by atoms with Gasteiger partial charge in [-0.1, -0.05) is 0 Å². The van der Waals surface area contributed by atoms with E-state index in [1.807, 2.05) is 0 Å². The highest BCUT2D eigenvalue weighted by Gasteiger charge is 2.03. The third-order valence-corrected chi connectivity index (χ3v) is 0.642. The fourth-order valence-corrected chi connectivity index (χ4v) is 0.334. The summed E-state index contributed by atoms with van der Waals surface area (Å²) in [6, 6.07) is 0. The highest BCUT2D eigenvalue weighted by atomic mass is 16.5. The van der Waals surface area contributed by atoms with Gasteiger partial charge in [-0.3, -0.25) is 4.79 Å². The summed E-state index contributed by atoms with van der Waals surface area (Å²) in [6.07, 6.45) is 2.55. The molecule has 0 saturated carbocycles. The average Bonchev–Trinajstić information content (AvgIpc) is 1.90. The summed E-state index contributed by atoms with van der Waals surface area (Å²) in [4.78, 5) is 9.85. The minimum Gasteiger partial charge on any atom is -0.466 e. The number of nitrogens with zero attached hydrogens (tertiary/aromatic N) is 2. The lowest BCUT2D eigenvalue weighted by atomic mass is 10.6. The van der Waals surface area contributed by atoms with Crippen LogP contribution in [0.25, 0.3) is 0 Å². The molecule has 0 aromatic heterocycles. The van der Waals surface area contributed by atoms with Gasteiger partial charge in [0.1, 0.15) is 6.26 Å². The molecule has 0 amide bonds. The summed E-state index contributed by atoms with van der Waals surface area (Å²) >= 11 is 0. The van der Waals surface area contributed by atoms with Gasteiger partial charge in [-0.25, -0.2) is 0 Å². The van der Waals surface area contributed by atoms with Crippen LogP contribution in [0.4, 0.5) is 0 Å². The molecular formula is C4H4N2O2. The minimum absolute atomic E-state index is 0.576. The molecule has 1 aliphatic rings. The second-order valence-electron chi connectivity index (χ2n) is 1.18. The SMILES string of the molecule is O=CC1N=NC=CO1. The molecule has 0 radical (unpaired) electrons. The summed E-state index contributed by atoms with van der Waals surface area (Å²) in [7, 11) is 0. The van der Waals surface area contributed by atoms with Crippen LogP contribution >= 0.6 is 0 Å². The molecule has 1 aliphatic heterocycles. The van der Waals surface area contributed by atoms with E-state index in [0.717, 1.165) is 0 Å². The third kappa shape index (κ3) is 0.900. The molecule has 0 spiro atoms. The molecule has 0 aromatic rings. The van der Waals surface area contributed by atoms with Gasteiger partial charge < -0.3 is 4.74 Å². The van der Waals surface area contributed by atoms with E-state index in [2.05, 4.69) is 15.0 Å². The van der Waals surface area contributed by atoms with E-state index in [4.69, 9.17) is 0 Å². The molecule has 1 rings (SSSR count). The van der Waals surface area contributed by atoms with Crippen LogP contribution in [0.5, 0.6) is 0 Å². The van der Waals surface area contributed by atoms with E-state index in [9.17, 15) is 4.79 Å². The first kappa shape index (κ1) is 4.96. The first-order valence-corrected chi connectivity index (χ1v) is 2.09.